The molecule has 0 fully saturated rings. The highest BCUT2D eigenvalue weighted by atomic mass is 35.5. The van der Waals surface area contributed by atoms with Crippen molar-refractivity contribution in [1.29, 1.82) is 0 Å². The summed E-state index contributed by atoms with van der Waals surface area (Å²) in [6, 6.07) is 10.9. The summed E-state index contributed by atoms with van der Waals surface area (Å²) in [6.07, 6.45) is 12.1. The first-order valence-corrected chi connectivity index (χ1v) is 13.8. The van der Waals surface area contributed by atoms with Crippen molar-refractivity contribution >= 4 is 35.0 Å². The molecule has 0 saturated heterocycles. The lowest BCUT2D eigenvalue weighted by Crippen LogP contribution is -2.30. The number of aryl methyl sites for hydroxylation is 3. The molecule has 11 heteroatoms. The van der Waals surface area contributed by atoms with E-state index in [1.165, 1.54) is 4.90 Å². The molecule has 2 amide bonds. The van der Waals surface area contributed by atoms with Crippen molar-refractivity contribution in [3.63, 3.8) is 0 Å². The number of carbonyl (C=O) groups excluding carboxylic acids is 2. The largest absolute Gasteiger partial charge is 0.345 e. The van der Waals surface area contributed by atoms with Crippen molar-refractivity contribution < 1.29 is 9.59 Å². The zero-order valence-corrected chi connectivity index (χ0v) is 24.0. The van der Waals surface area contributed by atoms with Crippen molar-refractivity contribution in [2.75, 3.05) is 6.54 Å². The Morgan fingerprint density at radius 3 is 2.02 bits per heavy atom. The van der Waals surface area contributed by atoms with E-state index in [0.29, 0.717) is 28.0 Å². The molecule has 208 valence electrons. The average molecular weight is 588 g/mol. The predicted octanol–water partition coefficient (Wildman–Crippen LogP) is 6.42. The number of nitrogens with zero attached hydrogens (tertiary/aromatic N) is 6. The zero-order valence-electron chi connectivity index (χ0n) is 22.5. The molecule has 0 spiro atoms. The maximum absolute atomic E-state index is 12.4. The van der Waals surface area contributed by atoms with Gasteiger partial charge in [-0.3, -0.25) is 14.5 Å². The molecule has 5 heterocycles. The molecule has 0 saturated carbocycles. The number of unbranched alkanes of at least 4 members (excludes halogenated alkanes) is 1. The maximum Gasteiger partial charge on any atom is 0.261 e. The molecular formula is C30H27Cl2N7O2. The Morgan fingerprint density at radius 1 is 0.805 bits per heavy atom. The molecule has 0 atom stereocenters. The molecule has 0 aliphatic carbocycles. The van der Waals surface area contributed by atoms with E-state index in [2.05, 4.69) is 24.9 Å². The summed E-state index contributed by atoms with van der Waals surface area (Å²) >= 11 is 11.8. The average Bonchev–Trinajstić information content (AvgIpc) is 3.73. The van der Waals surface area contributed by atoms with Crippen molar-refractivity contribution in [2.45, 2.75) is 33.2 Å². The molecule has 5 aromatic rings. The lowest BCUT2D eigenvalue weighted by atomic mass is 10.1. The molecule has 9 nitrogen and oxygen atoms in total. The van der Waals surface area contributed by atoms with Gasteiger partial charge in [0.1, 0.15) is 10.3 Å². The number of H-pyrrole nitrogens is 1. The number of aromatic amines is 1. The number of amides is 2. The van der Waals surface area contributed by atoms with Crippen LogP contribution < -0.4 is 0 Å². The second-order valence-electron chi connectivity index (χ2n) is 9.64. The second kappa shape index (κ2) is 12.4. The van der Waals surface area contributed by atoms with Crippen molar-refractivity contribution in [3.8, 4) is 22.5 Å². The van der Waals surface area contributed by atoms with E-state index in [1.54, 1.807) is 55.5 Å². The summed E-state index contributed by atoms with van der Waals surface area (Å²) in [5.74, 6) is -0.396. The van der Waals surface area contributed by atoms with Crippen LogP contribution in [0.1, 0.15) is 44.7 Å². The third-order valence-electron chi connectivity index (χ3n) is 6.69. The third-order valence-corrected chi connectivity index (χ3v) is 7.48. The minimum Gasteiger partial charge on any atom is -0.345 e. The molecule has 1 aliphatic heterocycles. The smallest absolute Gasteiger partial charge is 0.261 e. The van der Waals surface area contributed by atoms with Gasteiger partial charge in [-0.25, -0.2) is 19.9 Å². The van der Waals surface area contributed by atoms with E-state index in [0.717, 1.165) is 53.0 Å². The number of hydrogen-bond acceptors (Lipinski definition) is 6. The number of hydrogen-bond donors (Lipinski definition) is 1. The Labute approximate surface area is 247 Å². The molecule has 1 N–H and O–H groups in total. The Bertz CT molecular complexity index is 1660. The molecule has 0 unspecified atom stereocenters. The second-order valence-corrected chi connectivity index (χ2v) is 10.4. The fourth-order valence-electron chi connectivity index (χ4n) is 4.46. The Kier molecular flexibility index (Phi) is 8.56. The number of fused-ring (bicyclic) bond motifs is 1. The number of halogens is 2. The van der Waals surface area contributed by atoms with Crippen LogP contribution in [0.4, 0.5) is 0 Å². The van der Waals surface area contributed by atoms with Crippen molar-refractivity contribution in [3.05, 3.63) is 106 Å². The summed E-state index contributed by atoms with van der Waals surface area (Å²) in [5, 5.41) is 1.04. The topological polar surface area (TPSA) is 110 Å². The molecule has 0 radical (unpaired) electrons. The fraction of sp³-hybridized carbons (Fsp3) is 0.200. The lowest BCUT2D eigenvalue weighted by molar-refractivity contribution is 0.0651. The van der Waals surface area contributed by atoms with Crippen LogP contribution in [0.25, 0.3) is 22.5 Å². The number of imide groups is 1. The summed E-state index contributed by atoms with van der Waals surface area (Å²) in [7, 11) is 0. The van der Waals surface area contributed by atoms with Crippen LogP contribution in [0.5, 0.6) is 0 Å². The summed E-state index contributed by atoms with van der Waals surface area (Å²) in [6.45, 7) is 5.02. The van der Waals surface area contributed by atoms with E-state index < -0.39 is 0 Å². The number of rotatable bonds is 7. The van der Waals surface area contributed by atoms with Crippen molar-refractivity contribution in [2.24, 2.45) is 0 Å². The van der Waals surface area contributed by atoms with Crippen LogP contribution in [0.3, 0.4) is 0 Å². The molecule has 1 aliphatic rings. The molecule has 4 aromatic heterocycles. The fourth-order valence-corrected chi connectivity index (χ4v) is 4.66. The van der Waals surface area contributed by atoms with Crippen LogP contribution >= 0.6 is 23.2 Å². The third kappa shape index (κ3) is 6.37. The quantitative estimate of drug-likeness (QED) is 0.134. The predicted molar refractivity (Wildman–Crippen MR) is 158 cm³/mol. The molecular weight excluding hydrogens is 561 g/mol. The number of carbonyl (C=O) groups is 2. The van der Waals surface area contributed by atoms with Gasteiger partial charge in [0, 0.05) is 42.8 Å². The SMILES string of the molecule is Cc1cc(-c2cn(CCCCN3C(=O)c4ccccc4C3=O)cn2)cnc1Cl.Cc1cc(-c2cnc[nH]2)cnc1Cl. The number of pyridine rings is 2. The first-order valence-electron chi connectivity index (χ1n) is 13.0. The highest BCUT2D eigenvalue weighted by molar-refractivity contribution is 6.30. The van der Waals surface area contributed by atoms with Gasteiger partial charge in [-0.1, -0.05) is 35.3 Å². The van der Waals surface area contributed by atoms with Gasteiger partial charge in [-0.15, -0.1) is 0 Å². The Balaban J connectivity index is 0.000000216. The monoisotopic (exact) mass is 587 g/mol. The molecule has 6 rings (SSSR count). The van der Waals surface area contributed by atoms with Crippen LogP contribution in [0.2, 0.25) is 10.3 Å². The normalized spacial score (nSPS) is 12.3. The standard InChI is InChI=1S/C21H19ClN4O2.C9H8ClN3/c1-14-10-15(11-23-19(14)22)18-12-25(13-24-18)8-4-5-9-26-20(27)16-6-2-3-7-17(16)21(26)28;1-6-2-7(3-12-9(6)10)8-4-11-5-13-8/h2-3,6-7,10-13H,4-5,8-9H2,1H3;2-5H,1H3,(H,11,13). The number of imidazole rings is 2. The molecule has 0 bridgehead atoms. The van der Waals surface area contributed by atoms with E-state index in [-0.39, 0.29) is 11.8 Å². The molecule has 41 heavy (non-hydrogen) atoms. The van der Waals surface area contributed by atoms with Gasteiger partial charge >= 0.3 is 0 Å². The van der Waals surface area contributed by atoms with Crippen LogP contribution in [-0.4, -0.2) is 52.7 Å². The Morgan fingerprint density at radius 2 is 1.41 bits per heavy atom. The highest BCUT2D eigenvalue weighted by Crippen LogP contribution is 2.24. The van der Waals surface area contributed by atoms with Gasteiger partial charge in [0.15, 0.2) is 0 Å². The zero-order chi connectivity index (χ0) is 28.9. The van der Waals surface area contributed by atoms with Gasteiger partial charge in [0.2, 0.25) is 0 Å². The Hall–Kier alpha value is -4.34. The molecule has 1 aromatic carbocycles. The van der Waals surface area contributed by atoms with E-state index in [9.17, 15) is 9.59 Å². The minimum absolute atomic E-state index is 0.198. The number of aromatic nitrogens is 6. The van der Waals surface area contributed by atoms with E-state index >= 15 is 0 Å². The van der Waals surface area contributed by atoms with Crippen LogP contribution in [0, 0.1) is 13.8 Å². The van der Waals surface area contributed by atoms with Gasteiger partial charge in [0.25, 0.3) is 11.8 Å². The van der Waals surface area contributed by atoms with Gasteiger partial charge in [-0.2, -0.15) is 0 Å². The number of benzene rings is 1. The van der Waals surface area contributed by atoms with Gasteiger partial charge < -0.3 is 9.55 Å². The van der Waals surface area contributed by atoms with Gasteiger partial charge in [-0.05, 0) is 62.1 Å². The first kappa shape index (κ1) is 28.2. The first-order chi connectivity index (χ1) is 19.8. The highest BCUT2D eigenvalue weighted by Gasteiger charge is 2.34. The number of nitrogens with one attached hydrogen (secondary N) is 1. The van der Waals surface area contributed by atoms with E-state index in [4.69, 9.17) is 23.2 Å². The van der Waals surface area contributed by atoms with Gasteiger partial charge in [0.05, 0.1) is 41.4 Å². The lowest BCUT2D eigenvalue weighted by Gasteiger charge is -2.13. The van der Waals surface area contributed by atoms with E-state index in [1.807, 2.05) is 36.7 Å². The summed E-state index contributed by atoms with van der Waals surface area (Å²) in [5.41, 5.74) is 6.59. The summed E-state index contributed by atoms with van der Waals surface area (Å²) < 4.78 is 2.00. The van der Waals surface area contributed by atoms with Crippen LogP contribution in [-0.2, 0) is 6.54 Å². The van der Waals surface area contributed by atoms with Crippen LogP contribution in [0.15, 0.2) is 73.8 Å². The summed E-state index contributed by atoms with van der Waals surface area (Å²) in [4.78, 5) is 45.6. The van der Waals surface area contributed by atoms with Crippen molar-refractivity contribution in [1.82, 2.24) is 34.4 Å². The minimum atomic E-state index is -0.198. The maximum atomic E-state index is 12.4.